The van der Waals surface area contributed by atoms with Crippen LogP contribution in [0.2, 0.25) is 5.02 Å². The van der Waals surface area contributed by atoms with Crippen molar-refractivity contribution in [2.24, 2.45) is 0 Å². The zero-order chi connectivity index (χ0) is 14.8. The Labute approximate surface area is 136 Å². The van der Waals surface area contributed by atoms with Crippen molar-refractivity contribution in [2.75, 3.05) is 5.73 Å². The molecule has 2 aromatic heterocycles. The van der Waals surface area contributed by atoms with Crippen molar-refractivity contribution in [3.8, 4) is 0 Å². The Hall–Kier alpha value is -1.30. The highest BCUT2D eigenvalue weighted by Crippen LogP contribution is 2.31. The molecular formula is C15H14ClN3S2. The first-order valence-electron chi connectivity index (χ1n) is 6.59. The molecule has 108 valence electrons. The Balaban J connectivity index is 1.86. The largest absolute Gasteiger partial charge is 0.383 e. The zero-order valence-corrected chi connectivity index (χ0v) is 13.9. The molecule has 0 spiro atoms. The third-order valence-corrected chi connectivity index (χ3v) is 5.75. The normalized spacial score (nSPS) is 11.1. The highest BCUT2D eigenvalue weighted by molar-refractivity contribution is 7.98. The maximum absolute atomic E-state index is 6.15. The van der Waals surface area contributed by atoms with Crippen LogP contribution in [-0.4, -0.2) is 9.97 Å². The molecule has 0 unspecified atom stereocenters. The Morgan fingerprint density at radius 2 is 2.10 bits per heavy atom. The fourth-order valence-electron chi connectivity index (χ4n) is 1.98. The topological polar surface area (TPSA) is 51.8 Å². The number of benzene rings is 1. The fraction of sp³-hybridized carbons (Fsp3) is 0.200. The summed E-state index contributed by atoms with van der Waals surface area (Å²) in [5.41, 5.74) is 6.04. The predicted octanol–water partition coefficient (Wildman–Crippen LogP) is 4.78. The monoisotopic (exact) mass is 335 g/mol. The molecule has 0 bridgehead atoms. The molecule has 2 heterocycles. The smallest absolute Gasteiger partial charge is 0.142 e. The number of fused-ring (bicyclic) bond motifs is 1. The second kappa shape index (κ2) is 6.22. The molecule has 6 heteroatoms. The lowest BCUT2D eigenvalue weighted by atomic mass is 10.3. The standard InChI is InChI=1S/C15H14ClN3S2/c1-2-9-7-10-14(17)18-13(19-15(10)21-9)8-20-12-6-4-3-5-11(12)16/h3-7H,2,8H2,1H3,(H2,17,18,19). The van der Waals surface area contributed by atoms with Crippen LogP contribution in [0.4, 0.5) is 5.82 Å². The second-order valence-corrected chi connectivity index (χ2v) is 7.07. The number of hydrogen-bond donors (Lipinski definition) is 1. The summed E-state index contributed by atoms with van der Waals surface area (Å²) < 4.78 is 0. The third-order valence-electron chi connectivity index (χ3n) is 3.06. The number of nitrogens with two attached hydrogens (primary N) is 1. The van der Waals surface area contributed by atoms with Crippen LogP contribution in [-0.2, 0) is 12.2 Å². The summed E-state index contributed by atoms with van der Waals surface area (Å²) in [5, 5.41) is 1.71. The van der Waals surface area contributed by atoms with Gasteiger partial charge in [0.15, 0.2) is 0 Å². The molecule has 0 radical (unpaired) electrons. The van der Waals surface area contributed by atoms with Crippen LogP contribution in [0.3, 0.4) is 0 Å². The quantitative estimate of drug-likeness (QED) is 0.697. The SMILES string of the molecule is CCc1cc2c(N)nc(CSc3ccccc3Cl)nc2s1. The molecule has 2 N–H and O–H groups in total. The number of hydrogen-bond acceptors (Lipinski definition) is 5. The van der Waals surface area contributed by atoms with Crippen LogP contribution in [0.1, 0.15) is 17.6 Å². The van der Waals surface area contributed by atoms with E-state index >= 15 is 0 Å². The van der Waals surface area contributed by atoms with Gasteiger partial charge in [0, 0.05) is 9.77 Å². The van der Waals surface area contributed by atoms with E-state index in [0.29, 0.717) is 11.6 Å². The number of anilines is 1. The van der Waals surface area contributed by atoms with E-state index in [-0.39, 0.29) is 0 Å². The Bertz CT molecular complexity index is 786. The van der Waals surface area contributed by atoms with Crippen LogP contribution >= 0.6 is 34.7 Å². The number of nitrogen functional groups attached to an aromatic ring is 1. The van der Waals surface area contributed by atoms with Gasteiger partial charge in [-0.1, -0.05) is 30.7 Å². The first-order valence-corrected chi connectivity index (χ1v) is 8.77. The minimum atomic E-state index is 0.561. The summed E-state index contributed by atoms with van der Waals surface area (Å²) in [7, 11) is 0. The van der Waals surface area contributed by atoms with Crippen LogP contribution in [0.15, 0.2) is 35.2 Å². The lowest BCUT2D eigenvalue weighted by Gasteiger charge is -2.04. The van der Waals surface area contributed by atoms with E-state index in [0.717, 1.165) is 32.4 Å². The molecule has 0 fully saturated rings. The van der Waals surface area contributed by atoms with Crippen LogP contribution in [0.5, 0.6) is 0 Å². The van der Waals surface area contributed by atoms with E-state index in [9.17, 15) is 0 Å². The number of nitrogens with zero attached hydrogens (tertiary/aromatic N) is 2. The lowest BCUT2D eigenvalue weighted by Crippen LogP contribution is -1.98. The Morgan fingerprint density at radius 1 is 1.29 bits per heavy atom. The summed E-state index contributed by atoms with van der Waals surface area (Å²) in [4.78, 5) is 12.3. The van der Waals surface area contributed by atoms with E-state index < -0.39 is 0 Å². The van der Waals surface area contributed by atoms with E-state index in [1.807, 2.05) is 24.3 Å². The van der Waals surface area contributed by atoms with Gasteiger partial charge in [-0.3, -0.25) is 0 Å². The van der Waals surface area contributed by atoms with E-state index in [1.54, 1.807) is 23.1 Å². The average Bonchev–Trinajstić information content (AvgIpc) is 2.90. The van der Waals surface area contributed by atoms with Gasteiger partial charge in [-0.15, -0.1) is 23.1 Å². The van der Waals surface area contributed by atoms with Crippen molar-refractivity contribution in [3.63, 3.8) is 0 Å². The highest BCUT2D eigenvalue weighted by Gasteiger charge is 2.10. The lowest BCUT2D eigenvalue weighted by molar-refractivity contribution is 1.08. The fourth-order valence-corrected chi connectivity index (χ4v) is 4.07. The molecule has 0 aliphatic rings. The Kier molecular flexibility index (Phi) is 4.33. The predicted molar refractivity (Wildman–Crippen MR) is 92.2 cm³/mol. The second-order valence-electron chi connectivity index (χ2n) is 4.53. The van der Waals surface area contributed by atoms with E-state index in [2.05, 4.69) is 23.0 Å². The van der Waals surface area contributed by atoms with Gasteiger partial charge in [-0.2, -0.15) is 0 Å². The first-order chi connectivity index (χ1) is 10.2. The molecular weight excluding hydrogens is 322 g/mol. The maximum Gasteiger partial charge on any atom is 0.142 e. The molecule has 3 nitrogen and oxygen atoms in total. The summed E-state index contributed by atoms with van der Waals surface area (Å²) in [6.07, 6.45) is 0.990. The number of thiophene rings is 1. The number of thioether (sulfide) groups is 1. The summed E-state index contributed by atoms with van der Waals surface area (Å²) >= 11 is 9.46. The van der Waals surface area contributed by atoms with Crippen molar-refractivity contribution in [1.82, 2.24) is 9.97 Å². The van der Waals surface area contributed by atoms with Crippen molar-refractivity contribution in [1.29, 1.82) is 0 Å². The minimum absolute atomic E-state index is 0.561. The number of aromatic nitrogens is 2. The molecule has 0 aliphatic heterocycles. The molecule has 3 aromatic rings. The highest BCUT2D eigenvalue weighted by atomic mass is 35.5. The van der Waals surface area contributed by atoms with Crippen LogP contribution < -0.4 is 5.73 Å². The van der Waals surface area contributed by atoms with Gasteiger partial charge in [0.1, 0.15) is 16.5 Å². The van der Waals surface area contributed by atoms with Gasteiger partial charge in [0.25, 0.3) is 0 Å². The summed E-state index contributed by atoms with van der Waals surface area (Å²) in [6, 6.07) is 9.86. The first kappa shape index (κ1) is 14.6. The average molecular weight is 336 g/mol. The van der Waals surface area contributed by atoms with Gasteiger partial charge >= 0.3 is 0 Å². The van der Waals surface area contributed by atoms with Gasteiger partial charge in [0.05, 0.1) is 16.2 Å². The van der Waals surface area contributed by atoms with E-state index in [1.165, 1.54) is 4.88 Å². The molecule has 0 amide bonds. The minimum Gasteiger partial charge on any atom is -0.383 e. The van der Waals surface area contributed by atoms with Crippen LogP contribution in [0.25, 0.3) is 10.2 Å². The van der Waals surface area contributed by atoms with Gasteiger partial charge in [0.2, 0.25) is 0 Å². The molecule has 1 aromatic carbocycles. The van der Waals surface area contributed by atoms with Crippen LogP contribution in [0, 0.1) is 0 Å². The summed E-state index contributed by atoms with van der Waals surface area (Å²) in [5.74, 6) is 1.96. The number of aryl methyl sites for hydroxylation is 1. The third kappa shape index (κ3) is 3.15. The van der Waals surface area contributed by atoms with Crippen molar-refractivity contribution < 1.29 is 0 Å². The number of rotatable bonds is 4. The summed E-state index contributed by atoms with van der Waals surface area (Å²) in [6.45, 7) is 2.13. The van der Waals surface area contributed by atoms with Gasteiger partial charge in [-0.05, 0) is 24.6 Å². The number of halogens is 1. The molecule has 0 saturated heterocycles. The van der Waals surface area contributed by atoms with Crippen molar-refractivity contribution >= 4 is 50.7 Å². The van der Waals surface area contributed by atoms with E-state index in [4.69, 9.17) is 17.3 Å². The Morgan fingerprint density at radius 3 is 2.86 bits per heavy atom. The van der Waals surface area contributed by atoms with Crippen molar-refractivity contribution in [2.45, 2.75) is 24.0 Å². The van der Waals surface area contributed by atoms with Gasteiger partial charge in [-0.25, -0.2) is 9.97 Å². The van der Waals surface area contributed by atoms with Gasteiger partial charge < -0.3 is 5.73 Å². The zero-order valence-electron chi connectivity index (χ0n) is 11.5. The molecule has 3 rings (SSSR count). The van der Waals surface area contributed by atoms with Crippen molar-refractivity contribution in [3.05, 3.63) is 46.1 Å². The molecule has 21 heavy (non-hydrogen) atoms. The molecule has 0 atom stereocenters. The maximum atomic E-state index is 6.15. The molecule has 0 saturated carbocycles. The molecule has 0 aliphatic carbocycles.